The van der Waals surface area contributed by atoms with Crippen LogP contribution in [0.5, 0.6) is 0 Å². The molecule has 0 aliphatic heterocycles. The standard InChI is InChI=1S/C11H17N5S/c12-7-6-9-15-16-10(13-14-11(16)17-9)8-4-2-1-3-5-8/h8H,1-7,12H2. The van der Waals surface area contributed by atoms with E-state index in [0.717, 1.165) is 22.2 Å². The predicted molar refractivity (Wildman–Crippen MR) is 67.2 cm³/mol. The lowest BCUT2D eigenvalue weighted by Gasteiger charge is -2.18. The van der Waals surface area contributed by atoms with E-state index in [9.17, 15) is 0 Å². The molecule has 2 aromatic rings. The Balaban J connectivity index is 1.92. The number of fused-ring (bicyclic) bond motifs is 1. The Labute approximate surface area is 104 Å². The topological polar surface area (TPSA) is 69.1 Å². The third-order valence-corrected chi connectivity index (χ3v) is 4.34. The molecular weight excluding hydrogens is 234 g/mol. The Hall–Kier alpha value is -1.01. The normalized spacial score (nSPS) is 17.9. The minimum absolute atomic E-state index is 0.548. The SMILES string of the molecule is NCCc1nn2c(C3CCCCC3)nnc2s1. The first-order chi connectivity index (χ1) is 8.38. The maximum absolute atomic E-state index is 5.55. The first kappa shape index (κ1) is 11.1. The van der Waals surface area contributed by atoms with Crippen molar-refractivity contribution in [1.29, 1.82) is 0 Å². The first-order valence-electron chi connectivity index (χ1n) is 6.29. The van der Waals surface area contributed by atoms with Gasteiger partial charge in [0.05, 0.1) is 0 Å². The summed E-state index contributed by atoms with van der Waals surface area (Å²) in [5.74, 6) is 1.60. The minimum Gasteiger partial charge on any atom is -0.330 e. The summed E-state index contributed by atoms with van der Waals surface area (Å²) in [4.78, 5) is 0.911. The van der Waals surface area contributed by atoms with Gasteiger partial charge in [-0.15, -0.1) is 10.2 Å². The average Bonchev–Trinajstić information content (AvgIpc) is 2.90. The maximum Gasteiger partial charge on any atom is 0.234 e. The summed E-state index contributed by atoms with van der Waals surface area (Å²) in [6, 6.07) is 0. The Morgan fingerprint density at radius 2 is 2.06 bits per heavy atom. The molecule has 0 aromatic carbocycles. The summed E-state index contributed by atoms with van der Waals surface area (Å²) in [6.45, 7) is 0.642. The Morgan fingerprint density at radius 3 is 2.82 bits per heavy atom. The lowest BCUT2D eigenvalue weighted by Crippen LogP contribution is -2.10. The van der Waals surface area contributed by atoms with Crippen LogP contribution in [0.4, 0.5) is 0 Å². The second-order valence-corrected chi connectivity index (χ2v) is 5.66. The van der Waals surface area contributed by atoms with Gasteiger partial charge in [0.1, 0.15) is 5.01 Å². The summed E-state index contributed by atoms with van der Waals surface area (Å²) in [6.07, 6.45) is 7.25. The average molecular weight is 251 g/mol. The predicted octanol–water partition coefficient (Wildman–Crippen LogP) is 1.73. The quantitative estimate of drug-likeness (QED) is 0.902. The largest absolute Gasteiger partial charge is 0.330 e. The van der Waals surface area contributed by atoms with Gasteiger partial charge in [-0.1, -0.05) is 30.6 Å². The van der Waals surface area contributed by atoms with E-state index in [0.29, 0.717) is 12.5 Å². The molecule has 17 heavy (non-hydrogen) atoms. The van der Waals surface area contributed by atoms with Gasteiger partial charge < -0.3 is 5.73 Å². The molecule has 0 unspecified atom stereocenters. The fourth-order valence-corrected chi connectivity index (χ4v) is 3.37. The van der Waals surface area contributed by atoms with E-state index < -0.39 is 0 Å². The van der Waals surface area contributed by atoms with Crippen molar-refractivity contribution in [2.24, 2.45) is 5.73 Å². The smallest absolute Gasteiger partial charge is 0.234 e. The van der Waals surface area contributed by atoms with Gasteiger partial charge in [0.15, 0.2) is 5.82 Å². The van der Waals surface area contributed by atoms with Gasteiger partial charge in [-0.2, -0.15) is 9.61 Å². The number of rotatable bonds is 3. The molecule has 0 atom stereocenters. The highest BCUT2D eigenvalue weighted by molar-refractivity contribution is 7.16. The molecule has 1 aliphatic carbocycles. The molecule has 1 saturated carbocycles. The summed E-state index contributed by atoms with van der Waals surface area (Å²) in [7, 11) is 0. The van der Waals surface area contributed by atoms with Crippen LogP contribution in [0.1, 0.15) is 48.9 Å². The van der Waals surface area contributed by atoms with Crippen LogP contribution in [0, 0.1) is 0 Å². The summed E-state index contributed by atoms with van der Waals surface area (Å²) in [5, 5.41) is 14.2. The van der Waals surface area contributed by atoms with Crippen molar-refractivity contribution < 1.29 is 0 Å². The van der Waals surface area contributed by atoms with Crippen molar-refractivity contribution in [2.45, 2.75) is 44.4 Å². The molecule has 0 radical (unpaired) electrons. The van der Waals surface area contributed by atoms with Crippen molar-refractivity contribution in [3.05, 3.63) is 10.8 Å². The van der Waals surface area contributed by atoms with Crippen molar-refractivity contribution in [2.75, 3.05) is 6.54 Å². The van der Waals surface area contributed by atoms with Gasteiger partial charge in [-0.25, -0.2) is 0 Å². The lowest BCUT2D eigenvalue weighted by molar-refractivity contribution is 0.423. The monoisotopic (exact) mass is 251 g/mol. The molecular formula is C11H17N5S. The third kappa shape index (κ3) is 2.07. The van der Waals surface area contributed by atoms with Crippen molar-refractivity contribution >= 4 is 16.3 Å². The number of hydrogen-bond donors (Lipinski definition) is 1. The molecule has 2 aromatic heterocycles. The van der Waals surface area contributed by atoms with Crippen LogP contribution < -0.4 is 5.73 Å². The van der Waals surface area contributed by atoms with Crippen molar-refractivity contribution in [3.63, 3.8) is 0 Å². The van der Waals surface area contributed by atoms with Crippen molar-refractivity contribution in [1.82, 2.24) is 19.8 Å². The van der Waals surface area contributed by atoms with E-state index >= 15 is 0 Å². The van der Waals surface area contributed by atoms with E-state index in [1.165, 1.54) is 32.1 Å². The van der Waals surface area contributed by atoms with E-state index in [-0.39, 0.29) is 0 Å². The fraction of sp³-hybridized carbons (Fsp3) is 0.727. The zero-order valence-corrected chi connectivity index (χ0v) is 10.6. The van der Waals surface area contributed by atoms with Gasteiger partial charge in [-0.05, 0) is 19.4 Å². The zero-order chi connectivity index (χ0) is 11.7. The molecule has 2 N–H and O–H groups in total. The van der Waals surface area contributed by atoms with Crippen LogP contribution >= 0.6 is 11.3 Å². The maximum atomic E-state index is 5.55. The molecule has 1 aliphatic rings. The number of nitrogens with zero attached hydrogens (tertiary/aromatic N) is 4. The van der Waals surface area contributed by atoms with Gasteiger partial charge >= 0.3 is 0 Å². The molecule has 5 nitrogen and oxygen atoms in total. The molecule has 1 fully saturated rings. The van der Waals surface area contributed by atoms with Gasteiger partial charge in [-0.3, -0.25) is 0 Å². The Kier molecular flexibility index (Phi) is 3.07. The minimum atomic E-state index is 0.548. The van der Waals surface area contributed by atoms with E-state index in [4.69, 9.17) is 5.73 Å². The fourth-order valence-electron chi connectivity index (χ4n) is 2.51. The first-order valence-corrected chi connectivity index (χ1v) is 7.11. The highest BCUT2D eigenvalue weighted by atomic mass is 32.1. The second kappa shape index (κ2) is 4.70. The molecule has 0 spiro atoms. The Bertz CT molecular complexity index is 497. The molecule has 2 heterocycles. The highest BCUT2D eigenvalue weighted by Gasteiger charge is 2.22. The molecule has 92 valence electrons. The number of hydrogen-bond acceptors (Lipinski definition) is 5. The van der Waals surface area contributed by atoms with Crippen LogP contribution in [-0.2, 0) is 6.42 Å². The molecule has 6 heteroatoms. The van der Waals surface area contributed by atoms with Crippen LogP contribution in [0.25, 0.3) is 4.96 Å². The van der Waals surface area contributed by atoms with Gasteiger partial charge in [0.25, 0.3) is 0 Å². The van der Waals surface area contributed by atoms with Gasteiger partial charge in [0, 0.05) is 12.3 Å². The summed E-state index contributed by atoms with van der Waals surface area (Å²) in [5.41, 5.74) is 5.55. The number of nitrogens with two attached hydrogens (primary N) is 1. The summed E-state index contributed by atoms with van der Waals surface area (Å²) < 4.78 is 1.94. The third-order valence-electron chi connectivity index (χ3n) is 3.39. The molecule has 0 bridgehead atoms. The molecule has 0 amide bonds. The van der Waals surface area contributed by atoms with E-state index in [1.807, 2.05) is 4.52 Å². The van der Waals surface area contributed by atoms with Crippen molar-refractivity contribution in [3.8, 4) is 0 Å². The van der Waals surface area contributed by atoms with Gasteiger partial charge in [0.2, 0.25) is 4.96 Å². The number of aromatic nitrogens is 4. The van der Waals surface area contributed by atoms with E-state index in [1.54, 1.807) is 11.3 Å². The van der Waals surface area contributed by atoms with E-state index in [2.05, 4.69) is 15.3 Å². The van der Waals surface area contributed by atoms with Crippen LogP contribution in [0.3, 0.4) is 0 Å². The molecule has 0 saturated heterocycles. The zero-order valence-electron chi connectivity index (χ0n) is 9.80. The van der Waals surface area contributed by atoms with Crippen LogP contribution in [0.2, 0.25) is 0 Å². The molecule has 3 rings (SSSR count). The summed E-state index contributed by atoms with van der Waals surface area (Å²) >= 11 is 1.60. The lowest BCUT2D eigenvalue weighted by atomic mass is 9.89. The second-order valence-electron chi connectivity index (χ2n) is 4.62. The highest BCUT2D eigenvalue weighted by Crippen LogP contribution is 2.32. The van der Waals surface area contributed by atoms with Crippen LogP contribution in [-0.4, -0.2) is 26.4 Å². The Morgan fingerprint density at radius 1 is 1.24 bits per heavy atom. The van der Waals surface area contributed by atoms with Crippen LogP contribution in [0.15, 0.2) is 0 Å².